The topological polar surface area (TPSA) is 54.4 Å². The van der Waals surface area contributed by atoms with Crippen LogP contribution in [-0.4, -0.2) is 16.9 Å². The molecule has 3 aromatic rings. The van der Waals surface area contributed by atoms with Gasteiger partial charge in [0.2, 0.25) is 0 Å². The molecule has 3 aromatic carbocycles. The summed E-state index contributed by atoms with van der Waals surface area (Å²) in [6, 6.07) is 16.1. The van der Waals surface area contributed by atoms with Gasteiger partial charge in [0, 0.05) is 16.5 Å². The Morgan fingerprint density at radius 1 is 0.762 bits per heavy atom. The molecule has 0 aliphatic heterocycles. The lowest BCUT2D eigenvalue weighted by atomic mass is 9.82. The number of fused-ring (bicyclic) bond motifs is 2. The second-order valence-electron chi connectivity index (χ2n) is 5.07. The van der Waals surface area contributed by atoms with Crippen molar-refractivity contribution < 1.29 is 14.7 Å². The Bertz CT molecular complexity index is 938. The van der Waals surface area contributed by atoms with Gasteiger partial charge in [0.05, 0.1) is 5.56 Å². The highest BCUT2D eigenvalue weighted by molar-refractivity contribution is 6.27. The quantitative estimate of drug-likeness (QED) is 0.575. The molecule has 4 rings (SSSR count). The van der Waals surface area contributed by atoms with Crippen molar-refractivity contribution >= 4 is 22.5 Å². The van der Waals surface area contributed by atoms with E-state index in [2.05, 4.69) is 0 Å². The number of aromatic carboxylic acids is 1. The summed E-state index contributed by atoms with van der Waals surface area (Å²) < 4.78 is 0. The van der Waals surface area contributed by atoms with Crippen LogP contribution >= 0.6 is 0 Å². The minimum absolute atomic E-state index is 0.0498. The summed E-state index contributed by atoms with van der Waals surface area (Å²) in [4.78, 5) is 24.0. The molecule has 0 fully saturated rings. The third kappa shape index (κ3) is 1.48. The Balaban J connectivity index is 2.23. The summed E-state index contributed by atoms with van der Waals surface area (Å²) in [7, 11) is 0. The summed E-state index contributed by atoms with van der Waals surface area (Å²) in [6.45, 7) is 0. The Hall–Kier alpha value is -2.94. The zero-order valence-electron chi connectivity index (χ0n) is 11.0. The summed E-state index contributed by atoms with van der Waals surface area (Å²) in [6.07, 6.45) is 0. The molecule has 1 N–H and O–H groups in total. The molecule has 0 atom stereocenters. The lowest BCUT2D eigenvalue weighted by Gasteiger charge is -2.20. The van der Waals surface area contributed by atoms with Crippen LogP contribution in [0.25, 0.3) is 21.9 Å². The predicted molar refractivity (Wildman–Crippen MR) is 79.8 cm³/mol. The van der Waals surface area contributed by atoms with Crippen LogP contribution < -0.4 is 0 Å². The predicted octanol–water partition coefficient (Wildman–Crippen LogP) is 3.75. The molecule has 0 unspecified atom stereocenters. The molecule has 0 spiro atoms. The summed E-state index contributed by atoms with van der Waals surface area (Å²) in [5.41, 5.74) is 3.25. The van der Waals surface area contributed by atoms with Gasteiger partial charge in [-0.05, 0) is 28.6 Å². The van der Waals surface area contributed by atoms with E-state index in [1.54, 1.807) is 12.1 Å². The lowest BCUT2D eigenvalue weighted by molar-refractivity contribution is 0.0698. The molecule has 0 saturated heterocycles. The smallest absolute Gasteiger partial charge is 0.336 e. The molecule has 3 heteroatoms. The molecule has 100 valence electrons. The van der Waals surface area contributed by atoms with Gasteiger partial charge in [0.15, 0.2) is 5.78 Å². The highest BCUT2D eigenvalue weighted by Gasteiger charge is 2.26. The van der Waals surface area contributed by atoms with Crippen LogP contribution in [0.2, 0.25) is 0 Å². The standard InChI is InChI=1S/C18H10O3/c19-17-13-5-2-1-4-10(13)11-6-3-7-12-14(18(20)21)8-9-15(17)16(11)12/h1-9H,(H,20,21). The minimum atomic E-state index is -0.981. The van der Waals surface area contributed by atoms with Crippen LogP contribution in [0.3, 0.4) is 0 Å². The van der Waals surface area contributed by atoms with Gasteiger partial charge >= 0.3 is 5.97 Å². The van der Waals surface area contributed by atoms with Gasteiger partial charge in [-0.25, -0.2) is 4.79 Å². The second-order valence-corrected chi connectivity index (χ2v) is 5.07. The third-order valence-corrected chi connectivity index (χ3v) is 3.98. The number of hydrogen-bond donors (Lipinski definition) is 1. The fraction of sp³-hybridized carbons (Fsp3) is 0. The zero-order valence-corrected chi connectivity index (χ0v) is 11.0. The summed E-state index contributed by atoms with van der Waals surface area (Å²) >= 11 is 0. The SMILES string of the molecule is O=C(O)c1ccc2c3c(cccc13)-c1ccccc1C2=O. The Labute approximate surface area is 120 Å². The van der Waals surface area contributed by atoms with Crippen LogP contribution in [0.1, 0.15) is 26.3 Å². The number of benzene rings is 3. The molecule has 0 bridgehead atoms. The largest absolute Gasteiger partial charge is 0.478 e. The first-order valence-electron chi connectivity index (χ1n) is 6.61. The van der Waals surface area contributed by atoms with E-state index in [1.165, 1.54) is 6.07 Å². The van der Waals surface area contributed by atoms with Gasteiger partial charge < -0.3 is 5.11 Å². The first kappa shape index (κ1) is 11.9. The van der Waals surface area contributed by atoms with Crippen molar-refractivity contribution in [2.45, 2.75) is 0 Å². The maximum absolute atomic E-state index is 12.6. The van der Waals surface area contributed by atoms with E-state index >= 15 is 0 Å². The van der Waals surface area contributed by atoms with Crippen molar-refractivity contribution in [1.82, 2.24) is 0 Å². The number of rotatable bonds is 1. The van der Waals surface area contributed by atoms with Crippen molar-refractivity contribution in [2.75, 3.05) is 0 Å². The van der Waals surface area contributed by atoms with Crippen LogP contribution in [0, 0.1) is 0 Å². The van der Waals surface area contributed by atoms with Gasteiger partial charge in [0.1, 0.15) is 0 Å². The van der Waals surface area contributed by atoms with E-state index in [1.807, 2.05) is 36.4 Å². The van der Waals surface area contributed by atoms with Gasteiger partial charge in [0.25, 0.3) is 0 Å². The summed E-state index contributed by atoms with van der Waals surface area (Å²) in [5.74, 6) is -1.03. The first-order valence-corrected chi connectivity index (χ1v) is 6.61. The molecule has 1 aliphatic carbocycles. The minimum Gasteiger partial charge on any atom is -0.478 e. The van der Waals surface area contributed by atoms with Crippen molar-refractivity contribution in [1.29, 1.82) is 0 Å². The number of carboxylic acids is 1. The molecule has 0 heterocycles. The van der Waals surface area contributed by atoms with E-state index in [0.717, 1.165) is 16.5 Å². The van der Waals surface area contributed by atoms with Gasteiger partial charge in [-0.1, -0.05) is 42.5 Å². The van der Waals surface area contributed by atoms with Gasteiger partial charge in [-0.15, -0.1) is 0 Å². The molecule has 0 amide bonds. The van der Waals surface area contributed by atoms with Gasteiger partial charge in [-0.2, -0.15) is 0 Å². The van der Waals surface area contributed by atoms with Crippen LogP contribution in [0.15, 0.2) is 54.6 Å². The maximum atomic E-state index is 12.6. The van der Waals surface area contributed by atoms with Crippen LogP contribution in [0.4, 0.5) is 0 Å². The van der Waals surface area contributed by atoms with Crippen molar-refractivity contribution in [3.8, 4) is 11.1 Å². The molecular weight excluding hydrogens is 264 g/mol. The number of hydrogen-bond acceptors (Lipinski definition) is 2. The van der Waals surface area contributed by atoms with Crippen LogP contribution in [0.5, 0.6) is 0 Å². The Kier molecular flexibility index (Phi) is 2.27. The highest BCUT2D eigenvalue weighted by Crippen LogP contribution is 2.40. The Morgan fingerprint density at radius 3 is 2.24 bits per heavy atom. The van der Waals surface area contributed by atoms with E-state index in [9.17, 15) is 14.7 Å². The number of ketones is 1. The zero-order chi connectivity index (χ0) is 14.6. The average Bonchev–Trinajstić information content (AvgIpc) is 2.51. The first-order chi connectivity index (χ1) is 10.2. The van der Waals surface area contributed by atoms with E-state index < -0.39 is 5.97 Å². The van der Waals surface area contributed by atoms with Crippen molar-refractivity contribution in [3.05, 3.63) is 71.3 Å². The van der Waals surface area contributed by atoms with Crippen molar-refractivity contribution in [2.24, 2.45) is 0 Å². The molecule has 1 aliphatic rings. The second kappa shape index (κ2) is 4.03. The molecule has 0 aromatic heterocycles. The van der Waals surface area contributed by atoms with Gasteiger partial charge in [-0.3, -0.25) is 4.79 Å². The normalized spacial score (nSPS) is 12.3. The fourth-order valence-corrected chi connectivity index (χ4v) is 3.07. The highest BCUT2D eigenvalue weighted by atomic mass is 16.4. The molecule has 21 heavy (non-hydrogen) atoms. The monoisotopic (exact) mass is 274 g/mol. The average molecular weight is 274 g/mol. The fourth-order valence-electron chi connectivity index (χ4n) is 3.07. The number of carboxylic acid groups (broad SMARTS) is 1. The summed E-state index contributed by atoms with van der Waals surface area (Å²) in [5, 5.41) is 10.7. The molecular formula is C18H10O3. The number of carbonyl (C=O) groups is 2. The van der Waals surface area contributed by atoms with E-state index in [-0.39, 0.29) is 11.3 Å². The Morgan fingerprint density at radius 2 is 1.48 bits per heavy atom. The third-order valence-electron chi connectivity index (χ3n) is 3.98. The molecule has 0 saturated carbocycles. The lowest BCUT2D eigenvalue weighted by Crippen LogP contribution is -2.11. The van der Waals surface area contributed by atoms with E-state index in [0.29, 0.717) is 16.5 Å². The van der Waals surface area contributed by atoms with E-state index in [4.69, 9.17) is 0 Å². The molecule has 3 nitrogen and oxygen atoms in total. The number of carbonyl (C=O) groups excluding carboxylic acids is 1. The maximum Gasteiger partial charge on any atom is 0.336 e. The molecule has 0 radical (unpaired) electrons. The van der Waals surface area contributed by atoms with Crippen molar-refractivity contribution in [3.63, 3.8) is 0 Å². The van der Waals surface area contributed by atoms with Crippen LogP contribution in [-0.2, 0) is 0 Å².